The van der Waals surface area contributed by atoms with Crippen molar-refractivity contribution in [3.63, 3.8) is 0 Å². The molecule has 0 aromatic heterocycles. The lowest BCUT2D eigenvalue weighted by Crippen LogP contribution is -2.50. The number of hydrogen-bond acceptors (Lipinski definition) is 3. The summed E-state index contributed by atoms with van der Waals surface area (Å²) in [4.78, 5) is 16.4. The first-order chi connectivity index (χ1) is 12.1. The molecule has 2 aromatic carbocycles. The maximum absolute atomic E-state index is 12.4. The second-order valence-electron chi connectivity index (χ2n) is 5.73. The van der Waals surface area contributed by atoms with Gasteiger partial charge in [-0.25, -0.2) is 4.79 Å². The van der Waals surface area contributed by atoms with Gasteiger partial charge < -0.3 is 19.9 Å². The Bertz CT molecular complexity index is 744. The van der Waals surface area contributed by atoms with Gasteiger partial charge in [0, 0.05) is 41.9 Å². The van der Waals surface area contributed by atoms with Gasteiger partial charge in [-0.1, -0.05) is 23.2 Å². The van der Waals surface area contributed by atoms with Crippen molar-refractivity contribution in [1.29, 1.82) is 0 Å². The molecule has 132 valence electrons. The van der Waals surface area contributed by atoms with Gasteiger partial charge in [0.25, 0.3) is 0 Å². The third-order valence-electron chi connectivity index (χ3n) is 4.14. The molecule has 7 heteroatoms. The van der Waals surface area contributed by atoms with Crippen molar-refractivity contribution >= 4 is 40.6 Å². The molecule has 0 aliphatic carbocycles. The lowest BCUT2D eigenvalue weighted by Gasteiger charge is -2.36. The first-order valence-corrected chi connectivity index (χ1v) is 8.72. The topological polar surface area (TPSA) is 44.8 Å². The summed E-state index contributed by atoms with van der Waals surface area (Å²) in [6, 6.07) is 12.5. The first-order valence-electron chi connectivity index (χ1n) is 7.97. The van der Waals surface area contributed by atoms with Crippen LogP contribution in [-0.2, 0) is 0 Å². The lowest BCUT2D eigenvalue weighted by molar-refractivity contribution is 0.208. The molecule has 1 heterocycles. The van der Waals surface area contributed by atoms with Gasteiger partial charge in [-0.05, 0) is 42.5 Å². The van der Waals surface area contributed by atoms with Crippen molar-refractivity contribution in [1.82, 2.24) is 4.90 Å². The van der Waals surface area contributed by atoms with Crippen LogP contribution in [-0.4, -0.2) is 44.2 Å². The quantitative estimate of drug-likeness (QED) is 0.861. The summed E-state index contributed by atoms with van der Waals surface area (Å²) in [5, 5.41) is 4.20. The van der Waals surface area contributed by atoms with E-state index in [1.54, 1.807) is 42.3 Å². The number of rotatable bonds is 3. The van der Waals surface area contributed by atoms with Crippen LogP contribution >= 0.6 is 23.2 Å². The number of methoxy groups -OCH3 is 1. The lowest BCUT2D eigenvalue weighted by atomic mass is 10.2. The third-order valence-corrected chi connectivity index (χ3v) is 4.63. The van der Waals surface area contributed by atoms with Gasteiger partial charge >= 0.3 is 6.03 Å². The predicted molar refractivity (Wildman–Crippen MR) is 102 cm³/mol. The molecule has 2 aromatic rings. The third kappa shape index (κ3) is 4.30. The number of piperazine rings is 1. The fourth-order valence-electron chi connectivity index (χ4n) is 2.80. The number of benzene rings is 2. The van der Waals surface area contributed by atoms with Crippen molar-refractivity contribution in [3.8, 4) is 5.75 Å². The monoisotopic (exact) mass is 379 g/mol. The molecule has 3 rings (SSSR count). The van der Waals surface area contributed by atoms with Crippen LogP contribution in [0.5, 0.6) is 5.75 Å². The molecular weight excluding hydrogens is 361 g/mol. The normalized spacial score (nSPS) is 14.4. The van der Waals surface area contributed by atoms with Gasteiger partial charge in [-0.3, -0.25) is 0 Å². The standard InChI is InChI=1S/C18H19Cl2N3O2/c1-25-17-7-4-14(20)12-16(17)22-8-10-23(11-9-22)18(24)21-15-5-2-13(19)3-6-15/h2-7,12H,8-11H2,1H3,(H,21,24). The van der Waals surface area contributed by atoms with Crippen LogP contribution in [0, 0.1) is 0 Å². The summed E-state index contributed by atoms with van der Waals surface area (Å²) in [7, 11) is 1.64. The highest BCUT2D eigenvalue weighted by Crippen LogP contribution is 2.31. The largest absolute Gasteiger partial charge is 0.495 e. The number of halogens is 2. The Morgan fingerprint density at radius 2 is 1.64 bits per heavy atom. The second-order valence-corrected chi connectivity index (χ2v) is 6.60. The van der Waals surface area contributed by atoms with Gasteiger partial charge in [0.2, 0.25) is 0 Å². The Hall–Kier alpha value is -2.11. The van der Waals surface area contributed by atoms with E-state index >= 15 is 0 Å². The van der Waals surface area contributed by atoms with Gasteiger partial charge in [-0.2, -0.15) is 0 Å². The molecule has 2 amide bonds. The van der Waals surface area contributed by atoms with E-state index in [2.05, 4.69) is 10.2 Å². The minimum absolute atomic E-state index is 0.111. The highest BCUT2D eigenvalue weighted by molar-refractivity contribution is 6.31. The molecule has 1 saturated heterocycles. The number of nitrogens with zero attached hydrogens (tertiary/aromatic N) is 2. The van der Waals surface area contributed by atoms with Crippen LogP contribution in [0.2, 0.25) is 10.0 Å². The SMILES string of the molecule is COc1ccc(Cl)cc1N1CCN(C(=O)Nc2ccc(Cl)cc2)CC1. The van der Waals surface area contributed by atoms with Crippen LogP contribution in [0.15, 0.2) is 42.5 Å². The number of nitrogens with one attached hydrogen (secondary N) is 1. The van der Waals surface area contributed by atoms with Crippen LogP contribution in [0.25, 0.3) is 0 Å². The Morgan fingerprint density at radius 1 is 1.00 bits per heavy atom. The molecule has 0 radical (unpaired) electrons. The first kappa shape index (κ1) is 17.7. The zero-order valence-corrected chi connectivity index (χ0v) is 15.3. The molecule has 0 spiro atoms. The van der Waals surface area contributed by atoms with Gasteiger partial charge in [0.1, 0.15) is 5.75 Å². The van der Waals surface area contributed by atoms with Gasteiger partial charge in [0.15, 0.2) is 0 Å². The van der Waals surface area contributed by atoms with E-state index in [-0.39, 0.29) is 6.03 Å². The average Bonchev–Trinajstić information content (AvgIpc) is 2.63. The van der Waals surface area contributed by atoms with E-state index in [0.717, 1.165) is 17.1 Å². The van der Waals surface area contributed by atoms with Gasteiger partial charge in [0.05, 0.1) is 12.8 Å². The second kappa shape index (κ2) is 7.85. The number of ether oxygens (including phenoxy) is 1. The highest BCUT2D eigenvalue weighted by atomic mass is 35.5. The summed E-state index contributed by atoms with van der Waals surface area (Å²) in [5.74, 6) is 0.781. The van der Waals surface area contributed by atoms with Crippen LogP contribution < -0.4 is 15.0 Å². The molecular formula is C18H19Cl2N3O2. The Morgan fingerprint density at radius 3 is 2.28 bits per heavy atom. The number of urea groups is 1. The summed E-state index contributed by atoms with van der Waals surface area (Å²) >= 11 is 12.0. The fraction of sp³-hybridized carbons (Fsp3) is 0.278. The summed E-state index contributed by atoms with van der Waals surface area (Å²) < 4.78 is 5.41. The number of anilines is 2. The molecule has 0 atom stereocenters. The molecule has 1 aliphatic rings. The van der Waals surface area contributed by atoms with Crippen molar-refractivity contribution in [2.24, 2.45) is 0 Å². The van der Waals surface area contributed by atoms with Crippen molar-refractivity contribution < 1.29 is 9.53 Å². The summed E-state index contributed by atoms with van der Waals surface area (Å²) in [6.45, 7) is 2.67. The van der Waals surface area contributed by atoms with Crippen LogP contribution in [0.4, 0.5) is 16.2 Å². The van der Waals surface area contributed by atoms with E-state index < -0.39 is 0 Å². The maximum Gasteiger partial charge on any atom is 0.321 e. The molecule has 1 fully saturated rings. The molecule has 0 unspecified atom stereocenters. The van der Waals surface area contributed by atoms with E-state index in [9.17, 15) is 4.79 Å². The number of carbonyl (C=O) groups is 1. The number of hydrogen-bond donors (Lipinski definition) is 1. The Balaban J connectivity index is 1.61. The predicted octanol–water partition coefficient (Wildman–Crippen LogP) is 4.36. The van der Waals surface area contributed by atoms with Crippen LogP contribution in [0.3, 0.4) is 0 Å². The molecule has 5 nitrogen and oxygen atoms in total. The molecule has 0 saturated carbocycles. The van der Waals surface area contributed by atoms with E-state index in [0.29, 0.717) is 36.2 Å². The van der Waals surface area contributed by atoms with Crippen molar-refractivity contribution in [2.75, 3.05) is 43.5 Å². The smallest absolute Gasteiger partial charge is 0.321 e. The van der Waals surface area contributed by atoms with E-state index in [1.807, 2.05) is 12.1 Å². The molecule has 1 N–H and O–H groups in total. The minimum Gasteiger partial charge on any atom is -0.495 e. The Labute approximate surface area is 157 Å². The van der Waals surface area contributed by atoms with Gasteiger partial charge in [-0.15, -0.1) is 0 Å². The molecule has 25 heavy (non-hydrogen) atoms. The maximum atomic E-state index is 12.4. The van der Waals surface area contributed by atoms with Crippen molar-refractivity contribution in [2.45, 2.75) is 0 Å². The fourth-order valence-corrected chi connectivity index (χ4v) is 3.09. The number of amides is 2. The van der Waals surface area contributed by atoms with Crippen LogP contribution in [0.1, 0.15) is 0 Å². The molecule has 1 aliphatic heterocycles. The van der Waals surface area contributed by atoms with E-state index in [1.165, 1.54) is 0 Å². The molecule has 0 bridgehead atoms. The van der Waals surface area contributed by atoms with E-state index in [4.69, 9.17) is 27.9 Å². The average molecular weight is 380 g/mol. The zero-order valence-electron chi connectivity index (χ0n) is 13.8. The highest BCUT2D eigenvalue weighted by Gasteiger charge is 2.23. The summed E-state index contributed by atoms with van der Waals surface area (Å²) in [5.41, 5.74) is 1.68. The minimum atomic E-state index is -0.111. The number of carbonyl (C=O) groups excluding carboxylic acids is 1. The zero-order chi connectivity index (χ0) is 17.8. The summed E-state index contributed by atoms with van der Waals surface area (Å²) in [6.07, 6.45) is 0. The van der Waals surface area contributed by atoms with Crippen molar-refractivity contribution in [3.05, 3.63) is 52.5 Å². The Kier molecular flexibility index (Phi) is 5.56.